The van der Waals surface area contributed by atoms with Gasteiger partial charge in [0.2, 0.25) is 15.9 Å². The van der Waals surface area contributed by atoms with Crippen molar-refractivity contribution in [1.29, 1.82) is 0 Å². The first kappa shape index (κ1) is 16.9. The Kier molecular flexibility index (Phi) is 5.98. The van der Waals surface area contributed by atoms with Crippen molar-refractivity contribution in [2.45, 2.75) is 26.4 Å². The maximum absolute atomic E-state index is 11.7. The number of sulfonamides is 1. The molecule has 5 nitrogen and oxygen atoms in total. The lowest BCUT2D eigenvalue weighted by Crippen LogP contribution is -2.42. The molecule has 112 valence electrons. The summed E-state index contributed by atoms with van der Waals surface area (Å²) >= 11 is 5.78. The van der Waals surface area contributed by atoms with Crippen LogP contribution in [0.4, 0.5) is 0 Å². The van der Waals surface area contributed by atoms with Crippen molar-refractivity contribution in [2.75, 3.05) is 12.8 Å². The third kappa shape index (κ3) is 5.90. The van der Waals surface area contributed by atoms with E-state index in [0.29, 0.717) is 5.02 Å². The first-order valence-electron chi connectivity index (χ1n) is 6.17. The first-order chi connectivity index (χ1) is 9.18. The Morgan fingerprint density at radius 2 is 1.85 bits per heavy atom. The fourth-order valence-electron chi connectivity index (χ4n) is 1.61. The highest BCUT2D eigenvalue weighted by Crippen LogP contribution is 2.13. The molecule has 0 heterocycles. The van der Waals surface area contributed by atoms with Gasteiger partial charge in [-0.15, -0.1) is 0 Å². The van der Waals surface area contributed by atoms with Gasteiger partial charge in [-0.1, -0.05) is 23.7 Å². The first-order valence-corrected chi connectivity index (χ1v) is 8.40. The van der Waals surface area contributed by atoms with Gasteiger partial charge >= 0.3 is 0 Å². The molecule has 0 aliphatic carbocycles. The minimum Gasteiger partial charge on any atom is -0.353 e. The molecule has 1 rings (SSSR count). The van der Waals surface area contributed by atoms with Crippen LogP contribution in [0, 0.1) is 0 Å². The highest BCUT2D eigenvalue weighted by atomic mass is 35.5. The molecule has 0 aromatic heterocycles. The highest BCUT2D eigenvalue weighted by Gasteiger charge is 2.20. The summed E-state index contributed by atoms with van der Waals surface area (Å²) in [6.45, 7) is 3.59. The topological polar surface area (TPSA) is 66.5 Å². The van der Waals surface area contributed by atoms with Gasteiger partial charge in [-0.2, -0.15) is 4.31 Å². The summed E-state index contributed by atoms with van der Waals surface area (Å²) in [6, 6.07) is 6.82. The quantitative estimate of drug-likeness (QED) is 0.867. The molecule has 0 unspecified atom stereocenters. The Morgan fingerprint density at radius 3 is 2.30 bits per heavy atom. The SMILES string of the molecule is CC(C)NC(=O)CN(Cc1ccc(Cl)cc1)S(C)(=O)=O. The average Bonchev–Trinajstić information content (AvgIpc) is 2.28. The third-order valence-corrected chi connectivity index (χ3v) is 3.96. The molecule has 1 aromatic carbocycles. The number of hydrogen-bond acceptors (Lipinski definition) is 3. The molecule has 0 aliphatic heterocycles. The number of halogens is 1. The monoisotopic (exact) mass is 318 g/mol. The second-order valence-corrected chi connectivity index (χ2v) is 7.30. The van der Waals surface area contributed by atoms with E-state index in [9.17, 15) is 13.2 Å². The maximum Gasteiger partial charge on any atom is 0.235 e. The Labute approximate surface area is 125 Å². The van der Waals surface area contributed by atoms with E-state index in [-0.39, 0.29) is 25.0 Å². The van der Waals surface area contributed by atoms with Crippen molar-refractivity contribution in [3.8, 4) is 0 Å². The smallest absolute Gasteiger partial charge is 0.235 e. The lowest BCUT2D eigenvalue weighted by molar-refractivity contribution is -0.121. The predicted octanol–water partition coefficient (Wildman–Crippen LogP) is 1.63. The largest absolute Gasteiger partial charge is 0.353 e. The van der Waals surface area contributed by atoms with Crippen LogP contribution < -0.4 is 5.32 Å². The molecule has 0 aliphatic rings. The summed E-state index contributed by atoms with van der Waals surface area (Å²) in [5, 5.41) is 3.25. The summed E-state index contributed by atoms with van der Waals surface area (Å²) in [6.07, 6.45) is 1.09. The van der Waals surface area contributed by atoms with Crippen LogP contribution in [0.3, 0.4) is 0 Å². The molecule has 0 saturated heterocycles. The van der Waals surface area contributed by atoms with Crippen LogP contribution in [0.1, 0.15) is 19.4 Å². The second kappa shape index (κ2) is 7.06. The molecule has 0 fully saturated rings. The molecule has 7 heteroatoms. The molecule has 1 N–H and O–H groups in total. The van der Waals surface area contributed by atoms with Gasteiger partial charge < -0.3 is 5.32 Å². The van der Waals surface area contributed by atoms with Crippen molar-refractivity contribution in [3.05, 3.63) is 34.9 Å². The minimum absolute atomic E-state index is 0.0283. The van der Waals surface area contributed by atoms with Crippen LogP contribution in [0.5, 0.6) is 0 Å². The van der Waals surface area contributed by atoms with Crippen molar-refractivity contribution in [2.24, 2.45) is 0 Å². The molecule has 0 bridgehead atoms. The maximum atomic E-state index is 11.7. The third-order valence-electron chi connectivity index (χ3n) is 2.51. The minimum atomic E-state index is -3.46. The van der Waals surface area contributed by atoms with Crippen molar-refractivity contribution in [3.63, 3.8) is 0 Å². The number of carbonyl (C=O) groups excluding carboxylic acids is 1. The van der Waals surface area contributed by atoms with E-state index >= 15 is 0 Å². The average molecular weight is 319 g/mol. The molecular weight excluding hydrogens is 300 g/mol. The van der Waals surface area contributed by atoms with E-state index in [0.717, 1.165) is 16.1 Å². The Morgan fingerprint density at radius 1 is 1.30 bits per heavy atom. The number of rotatable bonds is 6. The van der Waals surface area contributed by atoms with Gasteiger partial charge in [0.1, 0.15) is 0 Å². The fourth-order valence-corrected chi connectivity index (χ4v) is 2.47. The molecule has 0 spiro atoms. The summed E-state index contributed by atoms with van der Waals surface area (Å²) in [5.41, 5.74) is 0.775. The summed E-state index contributed by atoms with van der Waals surface area (Å²) in [5.74, 6) is -0.320. The van der Waals surface area contributed by atoms with Gasteiger partial charge in [0.25, 0.3) is 0 Å². The van der Waals surface area contributed by atoms with Crippen molar-refractivity contribution in [1.82, 2.24) is 9.62 Å². The van der Waals surface area contributed by atoms with Crippen LogP contribution in [0.15, 0.2) is 24.3 Å². The molecule has 0 atom stereocenters. The fraction of sp³-hybridized carbons (Fsp3) is 0.462. The highest BCUT2D eigenvalue weighted by molar-refractivity contribution is 7.88. The van der Waals surface area contributed by atoms with Crippen LogP contribution in [0.2, 0.25) is 5.02 Å². The summed E-state index contributed by atoms with van der Waals surface area (Å²) in [7, 11) is -3.46. The number of carbonyl (C=O) groups is 1. The zero-order valence-corrected chi connectivity index (χ0v) is 13.3. The molecular formula is C13H19ClN2O3S. The Hall–Kier alpha value is -1.11. The van der Waals surface area contributed by atoms with Gasteiger partial charge in [0, 0.05) is 17.6 Å². The van der Waals surface area contributed by atoms with Crippen molar-refractivity contribution >= 4 is 27.5 Å². The van der Waals surface area contributed by atoms with E-state index in [2.05, 4.69) is 5.32 Å². The molecule has 0 radical (unpaired) electrons. The van der Waals surface area contributed by atoms with E-state index in [1.807, 2.05) is 13.8 Å². The van der Waals surface area contributed by atoms with Gasteiger partial charge in [-0.3, -0.25) is 4.79 Å². The predicted molar refractivity (Wildman–Crippen MR) is 80.0 cm³/mol. The number of hydrogen-bond donors (Lipinski definition) is 1. The van der Waals surface area contributed by atoms with Crippen molar-refractivity contribution < 1.29 is 13.2 Å². The van der Waals surface area contributed by atoms with E-state index in [1.165, 1.54) is 0 Å². The molecule has 0 saturated carbocycles. The standard InChI is InChI=1S/C13H19ClN2O3S/c1-10(2)15-13(17)9-16(20(3,18)19)8-11-4-6-12(14)7-5-11/h4-7,10H,8-9H2,1-3H3,(H,15,17). The van der Waals surface area contributed by atoms with Gasteiger partial charge in [0.05, 0.1) is 12.8 Å². The summed E-state index contributed by atoms with van der Waals surface area (Å²) < 4.78 is 24.6. The van der Waals surface area contributed by atoms with Gasteiger partial charge in [-0.25, -0.2) is 8.42 Å². The number of nitrogens with zero attached hydrogens (tertiary/aromatic N) is 1. The zero-order valence-electron chi connectivity index (χ0n) is 11.8. The van der Waals surface area contributed by atoms with E-state index in [1.54, 1.807) is 24.3 Å². The molecule has 1 aromatic rings. The molecule has 1 amide bonds. The number of nitrogens with one attached hydrogen (secondary N) is 1. The second-order valence-electron chi connectivity index (χ2n) is 4.88. The van der Waals surface area contributed by atoms with Crippen LogP contribution >= 0.6 is 11.6 Å². The normalized spacial score (nSPS) is 11.9. The lowest BCUT2D eigenvalue weighted by Gasteiger charge is -2.20. The van der Waals surface area contributed by atoms with Crippen LogP contribution in [-0.2, 0) is 21.4 Å². The van der Waals surface area contributed by atoms with E-state index < -0.39 is 10.0 Å². The summed E-state index contributed by atoms with van der Waals surface area (Å²) in [4.78, 5) is 11.7. The number of benzene rings is 1. The van der Waals surface area contributed by atoms with Gasteiger partial charge in [0.15, 0.2) is 0 Å². The Bertz CT molecular complexity index is 555. The lowest BCUT2D eigenvalue weighted by atomic mass is 10.2. The Balaban J connectivity index is 2.80. The zero-order chi connectivity index (χ0) is 15.3. The van der Waals surface area contributed by atoms with Crippen LogP contribution in [0.25, 0.3) is 0 Å². The number of amides is 1. The van der Waals surface area contributed by atoms with E-state index in [4.69, 9.17) is 11.6 Å². The van der Waals surface area contributed by atoms with Crippen LogP contribution in [-0.4, -0.2) is 37.5 Å². The molecule has 20 heavy (non-hydrogen) atoms. The van der Waals surface area contributed by atoms with Gasteiger partial charge in [-0.05, 0) is 31.5 Å².